The normalized spacial score (nSPS) is 18.7. The number of likely N-dealkylation sites (tertiary alicyclic amines) is 2. The fourth-order valence-corrected chi connectivity index (χ4v) is 4.05. The molecule has 0 saturated carbocycles. The molecule has 9 nitrogen and oxygen atoms in total. The van der Waals surface area contributed by atoms with Crippen LogP contribution < -0.4 is 4.74 Å². The van der Waals surface area contributed by atoms with Crippen molar-refractivity contribution < 1.29 is 55.7 Å². The van der Waals surface area contributed by atoms with E-state index >= 15 is 0 Å². The zero-order chi connectivity index (χ0) is 29.4. The Balaban J connectivity index is 0.000000317. The van der Waals surface area contributed by atoms with Crippen molar-refractivity contribution >= 4 is 17.8 Å². The molecule has 2 aliphatic rings. The smallest absolute Gasteiger partial charge is 0.490 e. The number of halogens is 6. The summed E-state index contributed by atoms with van der Waals surface area (Å²) < 4.78 is 68.7. The van der Waals surface area contributed by atoms with Gasteiger partial charge in [-0.15, -0.1) is 0 Å². The molecule has 0 aliphatic carbocycles. The molecule has 1 aromatic carbocycles. The number of benzene rings is 1. The number of aromatic nitrogens is 1. The van der Waals surface area contributed by atoms with E-state index in [2.05, 4.69) is 22.0 Å². The second-order valence-corrected chi connectivity index (χ2v) is 8.62. The molecule has 15 heteroatoms. The number of ether oxygens (including phenoxy) is 1. The molecule has 0 radical (unpaired) electrons. The number of carboxylic acids is 2. The van der Waals surface area contributed by atoms with Crippen molar-refractivity contribution in [3.05, 3.63) is 59.9 Å². The number of hydrogen-bond acceptors (Lipinski definition) is 6. The molecule has 39 heavy (non-hydrogen) atoms. The van der Waals surface area contributed by atoms with Crippen molar-refractivity contribution in [1.29, 1.82) is 0 Å². The maximum absolute atomic E-state index is 12.6. The number of alkyl halides is 6. The summed E-state index contributed by atoms with van der Waals surface area (Å²) >= 11 is 0. The summed E-state index contributed by atoms with van der Waals surface area (Å²) in [6.07, 6.45) is -6.81. The lowest BCUT2D eigenvalue weighted by Gasteiger charge is -2.21. The third-order valence-electron chi connectivity index (χ3n) is 5.81. The van der Waals surface area contributed by atoms with Crippen LogP contribution in [0.5, 0.6) is 5.75 Å². The van der Waals surface area contributed by atoms with Gasteiger partial charge in [-0.2, -0.15) is 26.3 Å². The lowest BCUT2D eigenvalue weighted by Crippen LogP contribution is -2.33. The van der Waals surface area contributed by atoms with Crippen LogP contribution in [0.15, 0.2) is 48.8 Å². The summed E-state index contributed by atoms with van der Waals surface area (Å²) in [5, 5.41) is 14.2. The van der Waals surface area contributed by atoms with E-state index in [1.54, 1.807) is 19.5 Å². The molecule has 214 valence electrons. The summed E-state index contributed by atoms with van der Waals surface area (Å²) in [5.74, 6) is -3.34. The Labute approximate surface area is 218 Å². The third kappa shape index (κ3) is 9.74. The summed E-state index contributed by atoms with van der Waals surface area (Å²) in [6, 6.07) is 12.0. The van der Waals surface area contributed by atoms with Crippen LogP contribution in [0.3, 0.4) is 0 Å². The second-order valence-electron chi connectivity index (χ2n) is 8.62. The molecule has 4 rings (SSSR count). The average molecular weight is 565 g/mol. The number of carbonyl (C=O) groups excluding carboxylic acids is 1. The van der Waals surface area contributed by atoms with Crippen molar-refractivity contribution in [3.63, 3.8) is 0 Å². The Hall–Kier alpha value is -3.88. The molecule has 2 aliphatic heterocycles. The average Bonchev–Trinajstić information content (AvgIpc) is 3.43. The zero-order valence-corrected chi connectivity index (χ0v) is 20.4. The van der Waals surface area contributed by atoms with Gasteiger partial charge in [0.1, 0.15) is 5.75 Å². The van der Waals surface area contributed by atoms with Crippen LogP contribution in [-0.2, 0) is 16.1 Å². The molecular formula is C24H25F6N3O6. The minimum Gasteiger partial charge on any atom is -0.497 e. The number of pyridine rings is 1. The molecule has 2 saturated heterocycles. The number of aliphatic carboxylic acids is 2. The van der Waals surface area contributed by atoms with Gasteiger partial charge in [0.05, 0.1) is 12.7 Å². The van der Waals surface area contributed by atoms with Crippen molar-refractivity contribution in [2.24, 2.45) is 11.8 Å². The van der Waals surface area contributed by atoms with Crippen LogP contribution in [0.1, 0.15) is 15.9 Å². The van der Waals surface area contributed by atoms with Gasteiger partial charge < -0.3 is 19.8 Å². The highest BCUT2D eigenvalue weighted by Gasteiger charge is 2.41. The Kier molecular flexibility index (Phi) is 10.7. The van der Waals surface area contributed by atoms with Gasteiger partial charge in [0.2, 0.25) is 0 Å². The van der Waals surface area contributed by atoms with Gasteiger partial charge in [-0.1, -0.05) is 12.1 Å². The van der Waals surface area contributed by atoms with Crippen molar-refractivity contribution in [1.82, 2.24) is 14.8 Å². The fraction of sp³-hybridized carbons (Fsp3) is 0.417. The number of amides is 1. The molecule has 3 heterocycles. The van der Waals surface area contributed by atoms with Crippen molar-refractivity contribution in [2.45, 2.75) is 18.9 Å². The molecule has 2 aromatic rings. The summed E-state index contributed by atoms with van der Waals surface area (Å²) in [4.78, 5) is 38.9. The van der Waals surface area contributed by atoms with E-state index in [4.69, 9.17) is 24.5 Å². The molecule has 2 atom stereocenters. The predicted octanol–water partition coefficient (Wildman–Crippen LogP) is 3.56. The van der Waals surface area contributed by atoms with E-state index in [-0.39, 0.29) is 5.91 Å². The van der Waals surface area contributed by atoms with Crippen LogP contribution in [0.2, 0.25) is 0 Å². The fourth-order valence-electron chi connectivity index (χ4n) is 4.05. The van der Waals surface area contributed by atoms with Gasteiger partial charge in [-0.3, -0.25) is 14.7 Å². The molecule has 1 aromatic heterocycles. The SMILES string of the molecule is COc1ccc(CN2C[C@@H]3CN(C(=O)c4cccnc4)C[C@@H]3C2)cc1.O=C(O)C(F)(F)F.O=C(O)C(F)(F)F. The Bertz CT molecular complexity index is 1070. The standard InChI is InChI=1S/C20H23N3O2.2C2HF3O2/c1-25-19-6-4-15(5-7-19)10-22-11-17-13-23(14-18(17)12-22)20(24)16-3-2-8-21-9-16;2*3-2(4,5)1(6)7/h2-9,17-18H,10-14H2,1H3;2*(H,6,7)/t17-,18+;;. The van der Waals surface area contributed by atoms with Gasteiger partial charge in [0.25, 0.3) is 5.91 Å². The van der Waals surface area contributed by atoms with Crippen LogP contribution >= 0.6 is 0 Å². The number of carbonyl (C=O) groups is 3. The maximum atomic E-state index is 12.6. The molecule has 2 N–H and O–H groups in total. The third-order valence-corrected chi connectivity index (χ3v) is 5.81. The van der Waals surface area contributed by atoms with E-state index in [0.717, 1.165) is 38.5 Å². The Morgan fingerprint density at radius 2 is 1.38 bits per heavy atom. The summed E-state index contributed by atoms with van der Waals surface area (Å²) in [7, 11) is 1.69. The first-order valence-corrected chi connectivity index (χ1v) is 11.3. The van der Waals surface area contributed by atoms with Crippen LogP contribution in [0, 0.1) is 11.8 Å². The lowest BCUT2D eigenvalue weighted by molar-refractivity contribution is -0.193. The molecule has 1 amide bonds. The monoisotopic (exact) mass is 565 g/mol. The minimum atomic E-state index is -5.08. The number of fused-ring (bicyclic) bond motifs is 1. The van der Waals surface area contributed by atoms with E-state index in [9.17, 15) is 31.1 Å². The van der Waals surface area contributed by atoms with Crippen molar-refractivity contribution in [2.75, 3.05) is 33.3 Å². The highest BCUT2D eigenvalue weighted by Crippen LogP contribution is 2.32. The van der Waals surface area contributed by atoms with Crippen LogP contribution in [0.25, 0.3) is 0 Å². The molecule has 0 bridgehead atoms. The number of rotatable bonds is 4. The van der Waals surface area contributed by atoms with Gasteiger partial charge in [-0.05, 0) is 41.7 Å². The Morgan fingerprint density at radius 3 is 1.77 bits per heavy atom. The van der Waals surface area contributed by atoms with E-state index in [1.807, 2.05) is 29.2 Å². The number of carboxylic acid groups (broad SMARTS) is 2. The van der Waals surface area contributed by atoms with Gasteiger partial charge in [0, 0.05) is 45.1 Å². The highest BCUT2D eigenvalue weighted by molar-refractivity contribution is 5.94. The first-order valence-electron chi connectivity index (χ1n) is 11.3. The topological polar surface area (TPSA) is 120 Å². The number of methoxy groups -OCH3 is 1. The largest absolute Gasteiger partial charge is 0.497 e. The number of hydrogen-bond donors (Lipinski definition) is 2. The molecule has 0 unspecified atom stereocenters. The first kappa shape index (κ1) is 31.3. The maximum Gasteiger partial charge on any atom is 0.490 e. The van der Waals surface area contributed by atoms with Gasteiger partial charge in [-0.25, -0.2) is 9.59 Å². The molecule has 2 fully saturated rings. The van der Waals surface area contributed by atoms with Crippen LogP contribution in [-0.4, -0.2) is 88.5 Å². The van der Waals surface area contributed by atoms with Crippen LogP contribution in [0.4, 0.5) is 26.3 Å². The number of nitrogens with zero attached hydrogens (tertiary/aromatic N) is 3. The quantitative estimate of drug-likeness (QED) is 0.541. The van der Waals surface area contributed by atoms with Crippen molar-refractivity contribution in [3.8, 4) is 5.75 Å². The second kappa shape index (κ2) is 13.3. The highest BCUT2D eigenvalue weighted by atomic mass is 19.4. The minimum absolute atomic E-state index is 0.115. The van der Waals surface area contributed by atoms with E-state index < -0.39 is 24.3 Å². The van der Waals surface area contributed by atoms with Gasteiger partial charge in [0.15, 0.2) is 0 Å². The summed E-state index contributed by atoms with van der Waals surface area (Å²) in [5.41, 5.74) is 2.00. The molecular weight excluding hydrogens is 540 g/mol. The van der Waals surface area contributed by atoms with E-state index in [0.29, 0.717) is 17.4 Å². The zero-order valence-electron chi connectivity index (χ0n) is 20.4. The predicted molar refractivity (Wildman–Crippen MR) is 123 cm³/mol. The summed E-state index contributed by atoms with van der Waals surface area (Å²) in [6.45, 7) is 4.81. The van der Waals surface area contributed by atoms with E-state index in [1.165, 1.54) is 5.56 Å². The first-order chi connectivity index (χ1) is 18.1. The molecule has 0 spiro atoms. The Morgan fingerprint density at radius 1 is 0.897 bits per heavy atom. The van der Waals surface area contributed by atoms with Gasteiger partial charge >= 0.3 is 24.3 Å². The lowest BCUT2D eigenvalue weighted by atomic mass is 10.0.